The van der Waals surface area contributed by atoms with Crippen molar-refractivity contribution in [3.8, 4) is 0 Å². The molecule has 0 fully saturated rings. The van der Waals surface area contributed by atoms with E-state index in [-0.39, 0.29) is 5.54 Å². The summed E-state index contributed by atoms with van der Waals surface area (Å²) in [5.41, 5.74) is 3.52. The topological polar surface area (TPSA) is 42.7 Å². The SMILES string of the molecule is Cc1ccnn1Cc1ccc(CNC(C)(C)C)cn1. The van der Waals surface area contributed by atoms with E-state index in [9.17, 15) is 0 Å². The normalized spacial score (nSPS) is 11.8. The van der Waals surface area contributed by atoms with E-state index in [0.717, 1.165) is 24.5 Å². The standard InChI is InChI=1S/C15H22N4/c1-12-7-8-18-19(12)11-14-6-5-13(9-16-14)10-17-15(2,3)4/h5-9,17H,10-11H2,1-4H3. The summed E-state index contributed by atoms with van der Waals surface area (Å²) in [6, 6.07) is 6.20. The third-order valence-corrected chi connectivity index (χ3v) is 2.95. The van der Waals surface area contributed by atoms with Gasteiger partial charge in [0.15, 0.2) is 0 Å². The lowest BCUT2D eigenvalue weighted by molar-refractivity contribution is 0.424. The van der Waals surface area contributed by atoms with Gasteiger partial charge in [-0.3, -0.25) is 9.67 Å². The maximum atomic E-state index is 4.49. The molecule has 19 heavy (non-hydrogen) atoms. The maximum Gasteiger partial charge on any atom is 0.0834 e. The van der Waals surface area contributed by atoms with Gasteiger partial charge in [0.05, 0.1) is 12.2 Å². The number of rotatable bonds is 4. The molecule has 2 heterocycles. The van der Waals surface area contributed by atoms with Crippen LogP contribution in [0.5, 0.6) is 0 Å². The molecule has 0 saturated carbocycles. The fraction of sp³-hybridized carbons (Fsp3) is 0.467. The van der Waals surface area contributed by atoms with Crippen LogP contribution in [0.2, 0.25) is 0 Å². The lowest BCUT2D eigenvalue weighted by Gasteiger charge is -2.20. The van der Waals surface area contributed by atoms with Crippen molar-refractivity contribution in [2.24, 2.45) is 0 Å². The molecular formula is C15H22N4. The van der Waals surface area contributed by atoms with Crippen molar-refractivity contribution < 1.29 is 0 Å². The first-order chi connectivity index (χ1) is 8.94. The third-order valence-electron chi connectivity index (χ3n) is 2.95. The molecule has 2 rings (SSSR count). The smallest absolute Gasteiger partial charge is 0.0834 e. The van der Waals surface area contributed by atoms with Crippen LogP contribution in [0.15, 0.2) is 30.6 Å². The molecule has 0 aliphatic rings. The van der Waals surface area contributed by atoms with Gasteiger partial charge in [-0.1, -0.05) is 6.07 Å². The van der Waals surface area contributed by atoms with Gasteiger partial charge in [-0.2, -0.15) is 5.10 Å². The zero-order valence-corrected chi connectivity index (χ0v) is 12.1. The van der Waals surface area contributed by atoms with E-state index in [4.69, 9.17) is 0 Å². The molecule has 0 aliphatic heterocycles. The highest BCUT2D eigenvalue weighted by Gasteiger charge is 2.08. The number of hydrogen-bond donors (Lipinski definition) is 1. The Morgan fingerprint density at radius 2 is 2.00 bits per heavy atom. The van der Waals surface area contributed by atoms with Crippen molar-refractivity contribution in [1.29, 1.82) is 0 Å². The van der Waals surface area contributed by atoms with Crippen LogP contribution in [-0.4, -0.2) is 20.3 Å². The second kappa shape index (κ2) is 5.53. The molecule has 2 aromatic rings. The van der Waals surface area contributed by atoms with Gasteiger partial charge in [-0.05, 0) is 45.4 Å². The Morgan fingerprint density at radius 1 is 1.21 bits per heavy atom. The summed E-state index contributed by atoms with van der Waals surface area (Å²) < 4.78 is 1.95. The van der Waals surface area contributed by atoms with Crippen molar-refractivity contribution in [2.75, 3.05) is 0 Å². The predicted octanol–water partition coefficient (Wildman–Crippen LogP) is 2.52. The molecule has 4 heteroatoms. The van der Waals surface area contributed by atoms with Crippen LogP contribution < -0.4 is 5.32 Å². The zero-order chi connectivity index (χ0) is 13.9. The largest absolute Gasteiger partial charge is 0.308 e. The summed E-state index contributed by atoms with van der Waals surface area (Å²) in [4.78, 5) is 4.49. The van der Waals surface area contributed by atoms with Gasteiger partial charge in [0.25, 0.3) is 0 Å². The van der Waals surface area contributed by atoms with Crippen molar-refractivity contribution in [3.05, 3.63) is 47.5 Å². The van der Waals surface area contributed by atoms with Crippen LogP contribution in [-0.2, 0) is 13.1 Å². The molecular weight excluding hydrogens is 236 g/mol. The molecule has 0 unspecified atom stereocenters. The summed E-state index contributed by atoms with van der Waals surface area (Å²) in [5, 5.41) is 7.72. The van der Waals surface area contributed by atoms with Crippen LogP contribution in [0, 0.1) is 6.92 Å². The van der Waals surface area contributed by atoms with E-state index >= 15 is 0 Å². The van der Waals surface area contributed by atoms with Gasteiger partial charge < -0.3 is 5.32 Å². The molecule has 0 amide bonds. The van der Waals surface area contributed by atoms with Gasteiger partial charge in [-0.25, -0.2) is 0 Å². The van der Waals surface area contributed by atoms with Crippen LogP contribution in [0.3, 0.4) is 0 Å². The molecule has 1 N–H and O–H groups in total. The van der Waals surface area contributed by atoms with Gasteiger partial charge in [0, 0.05) is 30.2 Å². The van der Waals surface area contributed by atoms with Crippen LogP contribution in [0.4, 0.5) is 0 Å². The molecule has 0 spiro atoms. The molecule has 0 saturated heterocycles. The van der Waals surface area contributed by atoms with E-state index in [2.05, 4.69) is 55.2 Å². The summed E-state index contributed by atoms with van der Waals surface area (Å²) >= 11 is 0. The van der Waals surface area contributed by atoms with E-state index in [1.165, 1.54) is 5.56 Å². The first-order valence-electron chi connectivity index (χ1n) is 6.61. The second-order valence-corrected chi connectivity index (χ2v) is 5.89. The van der Waals surface area contributed by atoms with Crippen molar-refractivity contribution in [1.82, 2.24) is 20.1 Å². The number of aromatic nitrogens is 3. The lowest BCUT2D eigenvalue weighted by Crippen LogP contribution is -2.35. The zero-order valence-electron chi connectivity index (χ0n) is 12.1. The van der Waals surface area contributed by atoms with Gasteiger partial charge >= 0.3 is 0 Å². The highest BCUT2D eigenvalue weighted by Crippen LogP contribution is 2.06. The third kappa shape index (κ3) is 4.17. The molecule has 102 valence electrons. The summed E-state index contributed by atoms with van der Waals surface area (Å²) in [7, 11) is 0. The fourth-order valence-electron chi connectivity index (χ4n) is 1.74. The average molecular weight is 258 g/mol. The number of aryl methyl sites for hydroxylation is 1. The molecule has 0 bridgehead atoms. The Morgan fingerprint density at radius 3 is 2.53 bits per heavy atom. The van der Waals surface area contributed by atoms with Crippen molar-refractivity contribution >= 4 is 0 Å². The van der Waals surface area contributed by atoms with E-state index in [1.54, 1.807) is 0 Å². The fourth-order valence-corrected chi connectivity index (χ4v) is 1.74. The Kier molecular flexibility index (Phi) is 4.00. The average Bonchev–Trinajstić information content (AvgIpc) is 2.73. The van der Waals surface area contributed by atoms with Crippen LogP contribution in [0.1, 0.15) is 37.7 Å². The minimum Gasteiger partial charge on any atom is -0.308 e. The Balaban J connectivity index is 1.97. The molecule has 0 aromatic carbocycles. The van der Waals surface area contributed by atoms with Gasteiger partial charge in [0.2, 0.25) is 0 Å². The van der Waals surface area contributed by atoms with Gasteiger partial charge in [-0.15, -0.1) is 0 Å². The first-order valence-corrected chi connectivity index (χ1v) is 6.61. The van der Waals surface area contributed by atoms with Crippen molar-refractivity contribution in [2.45, 2.75) is 46.3 Å². The molecule has 0 aliphatic carbocycles. The van der Waals surface area contributed by atoms with Crippen molar-refractivity contribution in [3.63, 3.8) is 0 Å². The van der Waals surface area contributed by atoms with E-state index < -0.39 is 0 Å². The number of pyridine rings is 1. The first kappa shape index (κ1) is 13.7. The maximum absolute atomic E-state index is 4.49. The molecule has 0 radical (unpaired) electrons. The van der Waals surface area contributed by atoms with E-state index in [0.29, 0.717) is 0 Å². The van der Waals surface area contributed by atoms with Crippen LogP contribution >= 0.6 is 0 Å². The summed E-state index contributed by atoms with van der Waals surface area (Å²) in [6.07, 6.45) is 3.75. The van der Waals surface area contributed by atoms with Crippen LogP contribution in [0.25, 0.3) is 0 Å². The number of hydrogen-bond acceptors (Lipinski definition) is 3. The predicted molar refractivity (Wildman–Crippen MR) is 76.9 cm³/mol. The summed E-state index contributed by atoms with van der Waals surface area (Å²) in [5.74, 6) is 0. The Bertz CT molecular complexity index is 520. The monoisotopic (exact) mass is 258 g/mol. The highest BCUT2D eigenvalue weighted by atomic mass is 15.3. The second-order valence-electron chi connectivity index (χ2n) is 5.89. The Labute approximate surface area is 114 Å². The lowest BCUT2D eigenvalue weighted by atomic mass is 10.1. The van der Waals surface area contributed by atoms with Gasteiger partial charge in [0.1, 0.15) is 0 Å². The minimum absolute atomic E-state index is 0.130. The Hall–Kier alpha value is -1.68. The minimum atomic E-state index is 0.130. The quantitative estimate of drug-likeness (QED) is 0.916. The molecule has 0 atom stereocenters. The van der Waals surface area contributed by atoms with E-state index in [1.807, 2.05) is 23.1 Å². The molecule has 2 aromatic heterocycles. The highest BCUT2D eigenvalue weighted by molar-refractivity contribution is 5.15. The number of nitrogens with zero attached hydrogens (tertiary/aromatic N) is 3. The molecule has 4 nitrogen and oxygen atoms in total. The number of nitrogens with one attached hydrogen (secondary N) is 1. The summed E-state index contributed by atoms with van der Waals surface area (Å²) in [6.45, 7) is 10.1.